The standard InChI is InChI=1S/C73H50B2N4S2/c1-49-25-24-38-58(50-26-8-2-9-27-50)73(49)79-64-48-68-62(47-61(64)75-60-40-21-23-42-67(60)80-69-45-57(44-66(79)72(69)75)77(53-32-14-5-15-33-53)54-34-16-6-17-35-54)74-59-39-20-22-41-63(59)78(55-36-18-7-19-37-55)65-43-56(46-70(81-68)71(65)74)76(51-28-10-3-11-29-51)52-30-12-4-13-31-52/h2-48H,1H3. The third-order valence-corrected chi connectivity index (χ3v) is 18.9. The first-order valence-electron chi connectivity index (χ1n) is 27.8. The number of anilines is 12. The van der Waals surface area contributed by atoms with Crippen LogP contribution in [-0.4, -0.2) is 13.4 Å². The van der Waals surface area contributed by atoms with Crippen LogP contribution in [0.5, 0.6) is 0 Å². The van der Waals surface area contributed by atoms with Crippen molar-refractivity contribution >= 4 is 138 Å². The number of aryl methyl sites for hydroxylation is 1. The van der Waals surface area contributed by atoms with Crippen LogP contribution in [0.15, 0.2) is 305 Å². The summed E-state index contributed by atoms with van der Waals surface area (Å²) < 4.78 is 0. The zero-order valence-corrected chi connectivity index (χ0v) is 46.0. The van der Waals surface area contributed by atoms with Gasteiger partial charge in [-0.3, -0.25) is 0 Å². The van der Waals surface area contributed by atoms with Crippen LogP contribution in [0.3, 0.4) is 0 Å². The fourth-order valence-corrected chi connectivity index (χ4v) is 15.6. The van der Waals surface area contributed by atoms with Gasteiger partial charge in [0.25, 0.3) is 0 Å². The van der Waals surface area contributed by atoms with Crippen LogP contribution in [0.4, 0.5) is 68.2 Å². The van der Waals surface area contributed by atoms with Crippen LogP contribution in [-0.2, 0) is 0 Å². The highest BCUT2D eigenvalue weighted by Gasteiger charge is 2.47. The molecule has 16 rings (SSSR count). The van der Waals surface area contributed by atoms with Gasteiger partial charge in [-0.15, -0.1) is 0 Å². The Morgan fingerprint density at radius 3 is 1.36 bits per heavy atom. The number of nitrogens with zero attached hydrogens (tertiary/aromatic N) is 4. The van der Waals surface area contributed by atoms with Crippen molar-refractivity contribution in [3.8, 4) is 11.1 Å². The summed E-state index contributed by atoms with van der Waals surface area (Å²) in [5, 5.41) is 0. The molecule has 0 aliphatic carbocycles. The average Bonchev–Trinajstić information content (AvgIpc) is 3.58. The van der Waals surface area contributed by atoms with E-state index >= 15 is 0 Å². The molecule has 4 aliphatic rings. The van der Waals surface area contributed by atoms with Gasteiger partial charge in [0.15, 0.2) is 0 Å². The van der Waals surface area contributed by atoms with E-state index in [1.807, 2.05) is 23.5 Å². The number of fused-ring (bicyclic) bond motifs is 8. The molecule has 0 fully saturated rings. The maximum Gasteiger partial charge on any atom is 0.249 e. The summed E-state index contributed by atoms with van der Waals surface area (Å²) >= 11 is 3.83. The van der Waals surface area contributed by atoms with E-state index in [9.17, 15) is 0 Å². The largest absolute Gasteiger partial charge is 0.311 e. The highest BCUT2D eigenvalue weighted by molar-refractivity contribution is 8.00. The molecule has 12 aromatic carbocycles. The van der Waals surface area contributed by atoms with E-state index in [0.717, 1.165) is 39.8 Å². The van der Waals surface area contributed by atoms with Crippen molar-refractivity contribution in [3.05, 3.63) is 291 Å². The maximum absolute atomic E-state index is 2.66. The number of hydrogen-bond donors (Lipinski definition) is 0. The van der Waals surface area contributed by atoms with Gasteiger partial charge in [0.2, 0.25) is 13.4 Å². The Hall–Kier alpha value is -9.33. The Morgan fingerprint density at radius 2 is 0.778 bits per heavy atom. The van der Waals surface area contributed by atoms with Crippen molar-refractivity contribution < 1.29 is 0 Å². The highest BCUT2D eigenvalue weighted by atomic mass is 32.2. The minimum Gasteiger partial charge on any atom is -0.311 e. The first-order valence-corrected chi connectivity index (χ1v) is 29.4. The molecule has 380 valence electrons. The van der Waals surface area contributed by atoms with Crippen molar-refractivity contribution in [3.63, 3.8) is 0 Å². The molecule has 81 heavy (non-hydrogen) atoms. The second-order valence-electron chi connectivity index (χ2n) is 21.2. The van der Waals surface area contributed by atoms with Crippen LogP contribution in [0, 0.1) is 6.92 Å². The van der Waals surface area contributed by atoms with E-state index in [2.05, 4.69) is 312 Å². The molecule has 8 heteroatoms. The molecule has 0 N–H and O–H groups in total. The fourth-order valence-electron chi connectivity index (χ4n) is 13.2. The Balaban J connectivity index is 0.992. The first kappa shape index (κ1) is 47.7. The third kappa shape index (κ3) is 7.80. The predicted molar refractivity (Wildman–Crippen MR) is 346 cm³/mol. The second-order valence-corrected chi connectivity index (χ2v) is 23.4. The molecule has 0 spiro atoms. The number of benzene rings is 12. The molecule has 0 unspecified atom stereocenters. The summed E-state index contributed by atoms with van der Waals surface area (Å²) in [6.07, 6.45) is 0. The summed E-state index contributed by atoms with van der Waals surface area (Å²) in [6.45, 7) is 2.21. The van der Waals surface area contributed by atoms with E-state index in [0.29, 0.717) is 0 Å². The molecule has 12 aromatic rings. The van der Waals surface area contributed by atoms with Crippen molar-refractivity contribution in [1.82, 2.24) is 0 Å². The molecule has 0 aromatic heterocycles. The summed E-state index contributed by atoms with van der Waals surface area (Å²) in [7, 11) is 0. The zero-order valence-electron chi connectivity index (χ0n) is 44.4. The molecular weight excluding hydrogens is 1020 g/mol. The van der Waals surface area contributed by atoms with E-state index in [-0.39, 0.29) is 13.4 Å². The van der Waals surface area contributed by atoms with Gasteiger partial charge in [0, 0.05) is 87.7 Å². The molecule has 0 amide bonds. The monoisotopic (exact) mass is 1070 g/mol. The third-order valence-electron chi connectivity index (χ3n) is 16.6. The molecule has 4 heterocycles. The van der Waals surface area contributed by atoms with E-state index in [4.69, 9.17) is 0 Å². The number of rotatable bonds is 9. The summed E-state index contributed by atoms with van der Waals surface area (Å²) in [5.41, 5.74) is 25.3. The van der Waals surface area contributed by atoms with E-state index in [1.54, 1.807) is 0 Å². The lowest BCUT2D eigenvalue weighted by molar-refractivity contribution is 1.21. The van der Waals surface area contributed by atoms with Crippen LogP contribution in [0.1, 0.15) is 5.56 Å². The van der Waals surface area contributed by atoms with Crippen molar-refractivity contribution in [2.75, 3.05) is 19.6 Å². The fraction of sp³-hybridized carbons (Fsp3) is 0.0137. The first-order chi connectivity index (χ1) is 40.1. The summed E-state index contributed by atoms with van der Waals surface area (Å²) in [5.74, 6) is 0. The van der Waals surface area contributed by atoms with Gasteiger partial charge in [-0.2, -0.15) is 0 Å². The van der Waals surface area contributed by atoms with Crippen LogP contribution < -0.4 is 52.4 Å². The van der Waals surface area contributed by atoms with Gasteiger partial charge in [-0.05, 0) is 143 Å². The Morgan fingerprint density at radius 1 is 0.309 bits per heavy atom. The number of para-hydroxylation sites is 7. The molecule has 0 saturated carbocycles. The summed E-state index contributed by atoms with van der Waals surface area (Å²) in [6, 6.07) is 106. The minimum absolute atomic E-state index is 0.0395. The van der Waals surface area contributed by atoms with Gasteiger partial charge >= 0.3 is 0 Å². The Labute approximate surface area is 482 Å². The minimum atomic E-state index is -0.0443. The van der Waals surface area contributed by atoms with Gasteiger partial charge < -0.3 is 19.6 Å². The highest BCUT2D eigenvalue weighted by Crippen LogP contribution is 2.52. The molecule has 0 bridgehead atoms. The van der Waals surface area contributed by atoms with Crippen molar-refractivity contribution in [1.29, 1.82) is 0 Å². The molecular formula is C73H50B2N4S2. The lowest BCUT2D eigenvalue weighted by Crippen LogP contribution is -2.64. The second kappa shape index (κ2) is 19.5. The molecule has 0 radical (unpaired) electrons. The maximum atomic E-state index is 2.66. The van der Waals surface area contributed by atoms with Gasteiger partial charge in [-0.1, -0.05) is 216 Å². The van der Waals surface area contributed by atoms with E-state index < -0.39 is 0 Å². The van der Waals surface area contributed by atoms with Crippen LogP contribution >= 0.6 is 23.5 Å². The SMILES string of the molecule is Cc1cccc(-c2ccccc2)c1N1c2cc3c(cc2B2c4ccccc4Sc4cc(N(c5ccccc5)c5ccccc5)cc1c42)B1c2ccccc2N(c2ccccc2)c2cc(N(c4ccccc4)c4ccccc4)cc(c21)S3. The van der Waals surface area contributed by atoms with Gasteiger partial charge in [0.1, 0.15) is 0 Å². The lowest BCUT2D eigenvalue weighted by Gasteiger charge is -2.44. The van der Waals surface area contributed by atoms with Gasteiger partial charge in [0.05, 0.1) is 5.69 Å². The smallest absolute Gasteiger partial charge is 0.249 e. The molecule has 4 nitrogen and oxygen atoms in total. The lowest BCUT2D eigenvalue weighted by atomic mass is 9.31. The molecule has 0 atom stereocenters. The van der Waals surface area contributed by atoms with E-state index in [1.165, 1.54) is 97.5 Å². The molecule has 4 aliphatic heterocycles. The van der Waals surface area contributed by atoms with Crippen LogP contribution in [0.25, 0.3) is 11.1 Å². The van der Waals surface area contributed by atoms with Gasteiger partial charge in [-0.25, -0.2) is 0 Å². The quantitative estimate of drug-likeness (QED) is 0.133. The molecule has 0 saturated heterocycles. The normalized spacial score (nSPS) is 13.0. The topological polar surface area (TPSA) is 13.0 Å². The van der Waals surface area contributed by atoms with Crippen molar-refractivity contribution in [2.24, 2.45) is 0 Å². The predicted octanol–water partition coefficient (Wildman–Crippen LogP) is 16.1. The van der Waals surface area contributed by atoms with Crippen LogP contribution in [0.2, 0.25) is 0 Å². The Bertz CT molecular complexity index is 4320. The average molecular weight is 1070 g/mol. The Kier molecular flexibility index (Phi) is 11.5. The summed E-state index contributed by atoms with van der Waals surface area (Å²) in [4.78, 5) is 15.1. The van der Waals surface area contributed by atoms with Crippen molar-refractivity contribution in [2.45, 2.75) is 26.5 Å². The zero-order chi connectivity index (χ0) is 53.5. The number of hydrogen-bond acceptors (Lipinski definition) is 6.